The number of nitrogens with two attached hydrogens (primary N) is 1. The van der Waals surface area contributed by atoms with E-state index in [1.165, 1.54) is 18.2 Å². The van der Waals surface area contributed by atoms with Crippen LogP contribution in [0.4, 0.5) is 5.69 Å². The van der Waals surface area contributed by atoms with E-state index < -0.39 is 16.1 Å². The van der Waals surface area contributed by atoms with Crippen LogP contribution in [-0.4, -0.2) is 26.2 Å². The molecule has 0 spiro atoms. The summed E-state index contributed by atoms with van der Waals surface area (Å²) in [7, 11) is -3.86. The highest BCUT2D eigenvalue weighted by Crippen LogP contribution is 2.19. The Bertz CT molecular complexity index is 591. The lowest BCUT2D eigenvalue weighted by atomic mass is 10.1. The molecule has 0 aliphatic heterocycles. The molecule has 19 heavy (non-hydrogen) atoms. The summed E-state index contributed by atoms with van der Waals surface area (Å²) in [5, 5.41) is 18.1. The lowest BCUT2D eigenvalue weighted by Gasteiger charge is -2.20. The van der Waals surface area contributed by atoms with E-state index in [2.05, 4.69) is 4.72 Å². The molecule has 0 fully saturated rings. The number of nitriles is 1. The molecule has 0 heterocycles. The zero-order valence-electron chi connectivity index (χ0n) is 10.8. The molecule has 6 nitrogen and oxygen atoms in total. The zero-order chi connectivity index (χ0) is 14.6. The summed E-state index contributed by atoms with van der Waals surface area (Å²) >= 11 is 0. The Morgan fingerprint density at radius 3 is 2.58 bits per heavy atom. The van der Waals surface area contributed by atoms with E-state index in [4.69, 9.17) is 16.1 Å². The van der Waals surface area contributed by atoms with Crippen LogP contribution in [0.3, 0.4) is 0 Å². The van der Waals surface area contributed by atoms with Crippen LogP contribution in [-0.2, 0) is 10.0 Å². The molecule has 1 aromatic rings. The molecule has 1 aromatic carbocycles. The molecule has 0 radical (unpaired) electrons. The van der Waals surface area contributed by atoms with Crippen LogP contribution >= 0.6 is 0 Å². The van der Waals surface area contributed by atoms with Gasteiger partial charge in [0.15, 0.2) is 0 Å². The summed E-state index contributed by atoms with van der Waals surface area (Å²) in [4.78, 5) is -0.136. The summed E-state index contributed by atoms with van der Waals surface area (Å²) in [5.41, 5.74) is 5.81. The molecule has 4 N–H and O–H groups in total. The summed E-state index contributed by atoms with van der Waals surface area (Å²) in [6, 6.07) is 5.20. The average Bonchev–Trinajstić information content (AvgIpc) is 2.35. The highest BCUT2D eigenvalue weighted by Gasteiger charge is 2.24. The Balaban J connectivity index is 3.18. The van der Waals surface area contributed by atoms with E-state index in [-0.39, 0.29) is 23.0 Å². The maximum atomic E-state index is 12.2. The monoisotopic (exact) mass is 283 g/mol. The fourth-order valence-corrected chi connectivity index (χ4v) is 3.03. The van der Waals surface area contributed by atoms with Crippen LogP contribution in [0, 0.1) is 17.2 Å². The molecule has 0 saturated carbocycles. The number of aliphatic hydroxyl groups is 1. The van der Waals surface area contributed by atoms with Gasteiger partial charge in [-0.3, -0.25) is 0 Å². The molecule has 1 unspecified atom stereocenters. The van der Waals surface area contributed by atoms with Gasteiger partial charge in [0.1, 0.15) is 6.07 Å². The van der Waals surface area contributed by atoms with Gasteiger partial charge in [-0.2, -0.15) is 5.26 Å². The quantitative estimate of drug-likeness (QED) is 0.678. The van der Waals surface area contributed by atoms with Crippen LogP contribution in [0.5, 0.6) is 0 Å². The van der Waals surface area contributed by atoms with E-state index in [1.54, 1.807) is 19.9 Å². The van der Waals surface area contributed by atoms with E-state index in [0.29, 0.717) is 5.69 Å². The normalized spacial score (nSPS) is 13.2. The topological polar surface area (TPSA) is 116 Å². The third-order valence-electron chi connectivity index (χ3n) is 2.72. The van der Waals surface area contributed by atoms with Crippen LogP contribution in [0.2, 0.25) is 0 Å². The Morgan fingerprint density at radius 1 is 1.47 bits per heavy atom. The second-order valence-corrected chi connectivity index (χ2v) is 6.20. The van der Waals surface area contributed by atoms with Crippen molar-refractivity contribution in [1.29, 1.82) is 5.26 Å². The Kier molecular flexibility index (Phi) is 4.89. The number of sulfonamides is 1. The number of hydrogen-bond acceptors (Lipinski definition) is 5. The van der Waals surface area contributed by atoms with Crippen molar-refractivity contribution in [2.75, 3.05) is 12.3 Å². The van der Waals surface area contributed by atoms with E-state index >= 15 is 0 Å². The van der Waals surface area contributed by atoms with Gasteiger partial charge in [-0.25, -0.2) is 13.1 Å². The van der Waals surface area contributed by atoms with Crippen LogP contribution in [0.1, 0.15) is 19.4 Å². The third-order valence-corrected chi connectivity index (χ3v) is 4.27. The van der Waals surface area contributed by atoms with Gasteiger partial charge in [-0.15, -0.1) is 0 Å². The van der Waals surface area contributed by atoms with Gasteiger partial charge in [-0.05, 0) is 24.1 Å². The lowest BCUT2D eigenvalue weighted by Crippen LogP contribution is -2.41. The number of nitrogens with zero attached hydrogens (tertiary/aromatic N) is 1. The Morgan fingerprint density at radius 2 is 2.11 bits per heavy atom. The van der Waals surface area contributed by atoms with Crippen molar-refractivity contribution in [3.05, 3.63) is 23.8 Å². The van der Waals surface area contributed by atoms with Crippen LogP contribution in [0.15, 0.2) is 23.1 Å². The van der Waals surface area contributed by atoms with E-state index in [9.17, 15) is 8.42 Å². The molecule has 0 amide bonds. The third kappa shape index (κ3) is 3.67. The molecule has 0 aromatic heterocycles. The molecule has 0 bridgehead atoms. The second kappa shape index (κ2) is 6.02. The molecule has 0 saturated heterocycles. The van der Waals surface area contributed by atoms with Gasteiger partial charge >= 0.3 is 0 Å². The fourth-order valence-electron chi connectivity index (χ4n) is 1.52. The molecule has 1 rings (SSSR count). The summed E-state index contributed by atoms with van der Waals surface area (Å²) in [5.74, 6) is -0.0703. The minimum atomic E-state index is -3.86. The maximum absolute atomic E-state index is 12.2. The van der Waals surface area contributed by atoms with Crippen LogP contribution in [0.25, 0.3) is 0 Å². The summed E-state index contributed by atoms with van der Waals surface area (Å²) in [6.07, 6.45) is 0. The highest BCUT2D eigenvalue weighted by atomic mass is 32.2. The first-order valence-electron chi connectivity index (χ1n) is 5.74. The first-order chi connectivity index (χ1) is 8.81. The number of aliphatic hydroxyl groups excluding tert-OH is 1. The molecule has 104 valence electrons. The zero-order valence-corrected chi connectivity index (χ0v) is 11.6. The van der Waals surface area contributed by atoms with Gasteiger partial charge in [0.05, 0.1) is 17.1 Å². The predicted molar refractivity (Wildman–Crippen MR) is 71.6 cm³/mol. The van der Waals surface area contributed by atoms with Crippen molar-refractivity contribution in [1.82, 2.24) is 4.72 Å². The SMILES string of the molecule is CC(C)C(CO)NS(=O)(=O)c1ccc(N)cc1C#N. The summed E-state index contributed by atoms with van der Waals surface area (Å²) in [6.45, 7) is 3.27. The maximum Gasteiger partial charge on any atom is 0.242 e. The highest BCUT2D eigenvalue weighted by molar-refractivity contribution is 7.89. The number of nitrogen functional groups attached to an aromatic ring is 1. The van der Waals surface area contributed by atoms with Gasteiger partial charge < -0.3 is 10.8 Å². The van der Waals surface area contributed by atoms with Gasteiger partial charge in [0, 0.05) is 11.7 Å². The van der Waals surface area contributed by atoms with E-state index in [0.717, 1.165) is 0 Å². The summed E-state index contributed by atoms with van der Waals surface area (Å²) < 4.78 is 26.7. The largest absolute Gasteiger partial charge is 0.399 e. The molecule has 0 aliphatic rings. The smallest absolute Gasteiger partial charge is 0.242 e. The fraction of sp³-hybridized carbons (Fsp3) is 0.417. The van der Waals surface area contributed by atoms with Crippen molar-refractivity contribution in [3.8, 4) is 6.07 Å². The molecular weight excluding hydrogens is 266 g/mol. The van der Waals surface area contributed by atoms with E-state index in [1.807, 2.05) is 0 Å². The van der Waals surface area contributed by atoms with Gasteiger partial charge in [-0.1, -0.05) is 13.8 Å². The van der Waals surface area contributed by atoms with Crippen LogP contribution < -0.4 is 10.5 Å². The van der Waals surface area contributed by atoms with Crippen molar-refractivity contribution in [3.63, 3.8) is 0 Å². The van der Waals surface area contributed by atoms with Gasteiger partial charge in [0.2, 0.25) is 10.0 Å². The standard InChI is InChI=1S/C12H17N3O3S/c1-8(2)11(7-16)15-19(17,18)12-4-3-10(14)5-9(12)6-13/h3-5,8,11,15-16H,7,14H2,1-2H3. The first-order valence-corrected chi connectivity index (χ1v) is 7.23. The van der Waals surface area contributed by atoms with Crippen molar-refractivity contribution in [2.24, 2.45) is 5.92 Å². The van der Waals surface area contributed by atoms with Crippen molar-refractivity contribution < 1.29 is 13.5 Å². The van der Waals surface area contributed by atoms with Gasteiger partial charge in [0.25, 0.3) is 0 Å². The minimum Gasteiger partial charge on any atom is -0.399 e. The second-order valence-electron chi connectivity index (χ2n) is 4.52. The van der Waals surface area contributed by atoms with Crippen molar-refractivity contribution >= 4 is 15.7 Å². The first kappa shape index (κ1) is 15.4. The molecule has 7 heteroatoms. The Hall–Kier alpha value is -1.62. The Labute approximate surface area is 112 Å². The minimum absolute atomic E-state index is 0.0204. The molecule has 1 atom stereocenters. The number of hydrogen-bond donors (Lipinski definition) is 3. The molecular formula is C12H17N3O3S. The predicted octanol–water partition coefficient (Wildman–Crippen LogP) is 0.436. The van der Waals surface area contributed by atoms with Crippen molar-refractivity contribution in [2.45, 2.75) is 24.8 Å². The molecule has 0 aliphatic carbocycles. The average molecular weight is 283 g/mol. The number of benzene rings is 1. The number of anilines is 1. The lowest BCUT2D eigenvalue weighted by molar-refractivity contribution is 0.227. The number of nitrogens with one attached hydrogen (secondary N) is 1. The number of rotatable bonds is 5.